The lowest BCUT2D eigenvalue weighted by Crippen LogP contribution is -2.51. The fraction of sp³-hybridized carbons (Fsp3) is 0.343. The third-order valence-corrected chi connectivity index (χ3v) is 9.68. The van der Waals surface area contributed by atoms with Crippen molar-refractivity contribution in [3.8, 4) is 29.6 Å². The Morgan fingerprint density at radius 2 is 1.80 bits per heavy atom. The predicted molar refractivity (Wildman–Crippen MR) is 168 cm³/mol. The van der Waals surface area contributed by atoms with Crippen molar-refractivity contribution in [1.29, 1.82) is 0 Å². The van der Waals surface area contributed by atoms with Crippen molar-refractivity contribution >= 4 is 27.5 Å². The molecule has 6 heterocycles. The van der Waals surface area contributed by atoms with Crippen LogP contribution in [0, 0.1) is 24.0 Å². The Labute approximate surface area is 254 Å². The molecule has 0 saturated carbocycles. The quantitative estimate of drug-likeness (QED) is 0.247. The van der Waals surface area contributed by atoms with Gasteiger partial charge in [0.15, 0.2) is 5.82 Å². The first kappa shape index (κ1) is 27.2. The van der Waals surface area contributed by atoms with E-state index in [9.17, 15) is 4.39 Å². The van der Waals surface area contributed by atoms with Gasteiger partial charge in [-0.15, -0.1) is 6.42 Å². The molecule has 9 heteroatoms. The van der Waals surface area contributed by atoms with Crippen molar-refractivity contribution in [2.24, 2.45) is 0 Å². The molecule has 2 aromatic heterocycles. The van der Waals surface area contributed by atoms with Gasteiger partial charge in [-0.1, -0.05) is 54.5 Å². The summed E-state index contributed by atoms with van der Waals surface area (Å²) in [5.74, 6) is 1.89. The summed E-state index contributed by atoms with van der Waals surface area (Å²) in [5.41, 5.74) is 2.71. The molecule has 1 unspecified atom stereocenters. The van der Waals surface area contributed by atoms with Crippen molar-refractivity contribution in [3.63, 3.8) is 0 Å². The molecule has 1 N–H and O–H groups in total. The topological polar surface area (TPSA) is 66.4 Å². The molecule has 7 nitrogen and oxygen atoms in total. The van der Waals surface area contributed by atoms with E-state index in [1.54, 1.807) is 24.4 Å². The van der Waals surface area contributed by atoms with Crippen LogP contribution in [0.15, 0.2) is 60.8 Å². The van der Waals surface area contributed by atoms with E-state index in [4.69, 9.17) is 16.1 Å². The number of ether oxygens (including phenoxy) is 1. The van der Waals surface area contributed by atoms with Gasteiger partial charge in [-0.2, -0.15) is 9.97 Å². The van der Waals surface area contributed by atoms with Gasteiger partial charge in [0.2, 0.25) is 0 Å². The molecule has 4 aliphatic heterocycles. The zero-order valence-electron chi connectivity index (χ0n) is 24.4. The van der Waals surface area contributed by atoms with E-state index in [2.05, 4.69) is 44.2 Å². The van der Waals surface area contributed by atoms with E-state index in [-0.39, 0.29) is 28.3 Å². The maximum Gasteiger partial charge on any atom is 0.319 e. The number of rotatable bonds is 5. The molecular formula is C35H32F2N6O. The number of hydrogen-bond donors (Lipinski definition) is 1. The zero-order chi connectivity index (χ0) is 30.2. The Kier molecular flexibility index (Phi) is 6.23. The molecule has 2 aromatic carbocycles. The number of nitrogens with one attached hydrogen (secondary N) is 1. The molecule has 4 aromatic rings. The highest BCUT2D eigenvalue weighted by Crippen LogP contribution is 2.43. The van der Waals surface area contributed by atoms with E-state index in [0.29, 0.717) is 46.2 Å². The first-order valence-corrected chi connectivity index (χ1v) is 15.1. The van der Waals surface area contributed by atoms with Crippen molar-refractivity contribution in [3.05, 3.63) is 78.0 Å². The molecule has 0 spiro atoms. The smallest absolute Gasteiger partial charge is 0.319 e. The van der Waals surface area contributed by atoms with E-state index >= 15 is 4.39 Å². The standard InChI is InChI=1S/C35H32F2N6O/c1-4-25-28(36)11-8-22-6-5-7-26(29(22)25)31-30(37)32-27(14-38-31)33(42-17-23-9-10-24(18-42)39-23)41-34(40-32)44-19-35-12-20(2)15-43(35)16-21(3)13-35/h1,5-8,11,14,23-24,39H,2-3,9-10,12-13,15-19H2/t23-,24?/m1/s1. The van der Waals surface area contributed by atoms with Gasteiger partial charge in [0.05, 0.1) is 16.5 Å². The average Bonchev–Trinajstić information content (AvgIpc) is 3.62. The Morgan fingerprint density at radius 1 is 1.05 bits per heavy atom. The summed E-state index contributed by atoms with van der Waals surface area (Å²) in [7, 11) is 0. The molecule has 222 valence electrons. The molecular weight excluding hydrogens is 558 g/mol. The second-order valence-corrected chi connectivity index (χ2v) is 12.7. The van der Waals surface area contributed by atoms with Gasteiger partial charge >= 0.3 is 6.01 Å². The van der Waals surface area contributed by atoms with Crippen LogP contribution in [-0.4, -0.2) is 70.3 Å². The number of aromatic nitrogens is 3. The number of terminal acetylenes is 1. The van der Waals surface area contributed by atoms with Gasteiger partial charge in [0, 0.05) is 55.4 Å². The summed E-state index contributed by atoms with van der Waals surface area (Å²) >= 11 is 0. The number of benzene rings is 2. The lowest BCUT2D eigenvalue weighted by atomic mass is 9.92. The highest BCUT2D eigenvalue weighted by molar-refractivity contribution is 6.02. The second-order valence-electron chi connectivity index (χ2n) is 12.7. The number of pyridine rings is 1. The van der Waals surface area contributed by atoms with Crippen LogP contribution in [0.1, 0.15) is 31.2 Å². The van der Waals surface area contributed by atoms with Gasteiger partial charge in [-0.05, 0) is 37.1 Å². The van der Waals surface area contributed by atoms with Crippen LogP contribution < -0.4 is 15.0 Å². The number of nitrogens with zero attached hydrogens (tertiary/aromatic N) is 5. The van der Waals surface area contributed by atoms with Crippen molar-refractivity contribution in [2.75, 3.05) is 37.7 Å². The molecule has 4 saturated heterocycles. The third-order valence-electron chi connectivity index (χ3n) is 9.68. The van der Waals surface area contributed by atoms with Crippen LogP contribution in [0.4, 0.5) is 14.6 Å². The molecule has 2 atom stereocenters. The van der Waals surface area contributed by atoms with E-state index in [0.717, 1.165) is 63.0 Å². The van der Waals surface area contributed by atoms with Crippen molar-refractivity contribution in [2.45, 2.75) is 43.3 Å². The lowest BCUT2D eigenvalue weighted by Gasteiger charge is -2.34. The monoisotopic (exact) mass is 590 g/mol. The molecule has 0 aliphatic carbocycles. The second kappa shape index (κ2) is 10.1. The summed E-state index contributed by atoms with van der Waals surface area (Å²) in [5, 5.41) is 5.29. The third kappa shape index (κ3) is 4.27. The van der Waals surface area contributed by atoms with Crippen LogP contribution in [0.25, 0.3) is 32.9 Å². The highest BCUT2D eigenvalue weighted by Gasteiger charge is 2.48. The molecule has 0 amide bonds. The van der Waals surface area contributed by atoms with Crippen LogP contribution in [0.2, 0.25) is 0 Å². The number of hydrogen-bond acceptors (Lipinski definition) is 7. The number of anilines is 1. The largest absolute Gasteiger partial charge is 0.461 e. The highest BCUT2D eigenvalue weighted by atomic mass is 19.1. The van der Waals surface area contributed by atoms with Crippen LogP contribution in [0.3, 0.4) is 0 Å². The predicted octanol–water partition coefficient (Wildman–Crippen LogP) is 5.38. The molecule has 44 heavy (non-hydrogen) atoms. The molecule has 8 rings (SSSR count). The summed E-state index contributed by atoms with van der Waals surface area (Å²) in [6.07, 6.45) is 11.1. The first-order chi connectivity index (χ1) is 21.3. The normalized spacial score (nSPS) is 22.6. The number of piperazine rings is 1. The van der Waals surface area contributed by atoms with Crippen LogP contribution in [-0.2, 0) is 0 Å². The van der Waals surface area contributed by atoms with Crippen molar-refractivity contribution < 1.29 is 13.5 Å². The van der Waals surface area contributed by atoms with Gasteiger partial charge in [-0.25, -0.2) is 8.78 Å². The Morgan fingerprint density at radius 3 is 2.52 bits per heavy atom. The number of fused-ring (bicyclic) bond motifs is 5. The maximum atomic E-state index is 16.8. The van der Waals surface area contributed by atoms with E-state index in [1.807, 2.05) is 6.07 Å². The van der Waals surface area contributed by atoms with Gasteiger partial charge in [0.1, 0.15) is 29.5 Å². The summed E-state index contributed by atoms with van der Waals surface area (Å²) in [6, 6.07) is 9.08. The average molecular weight is 591 g/mol. The summed E-state index contributed by atoms with van der Waals surface area (Å²) < 4.78 is 37.9. The molecule has 4 fully saturated rings. The molecule has 2 bridgehead atoms. The fourth-order valence-corrected chi connectivity index (χ4v) is 7.83. The zero-order valence-corrected chi connectivity index (χ0v) is 24.4. The fourth-order valence-electron chi connectivity index (χ4n) is 7.83. The first-order valence-electron chi connectivity index (χ1n) is 15.1. The SMILES string of the molecule is C#Cc1c(F)ccc2cccc(-c3ncc4c(N5CC6CC[C@H](C5)N6)nc(OCC56CC(=C)CN5CC(=C)C6)nc4c3F)c12. The number of halogens is 2. The Balaban J connectivity index is 1.26. The minimum absolute atomic E-state index is 0.0464. The summed E-state index contributed by atoms with van der Waals surface area (Å²) in [4.78, 5) is 18.7. The van der Waals surface area contributed by atoms with E-state index < -0.39 is 11.6 Å². The Hall–Kier alpha value is -4.39. The van der Waals surface area contributed by atoms with Crippen molar-refractivity contribution in [1.82, 2.24) is 25.2 Å². The minimum atomic E-state index is -0.628. The van der Waals surface area contributed by atoms with Gasteiger partial charge in [0.25, 0.3) is 0 Å². The van der Waals surface area contributed by atoms with Crippen LogP contribution in [0.5, 0.6) is 6.01 Å². The van der Waals surface area contributed by atoms with Crippen LogP contribution >= 0.6 is 0 Å². The lowest BCUT2D eigenvalue weighted by molar-refractivity contribution is 0.108. The van der Waals surface area contributed by atoms with E-state index in [1.165, 1.54) is 6.07 Å². The maximum absolute atomic E-state index is 16.8. The Bertz CT molecular complexity index is 1900. The molecule has 0 radical (unpaired) electrons. The molecule has 4 aliphatic rings. The van der Waals surface area contributed by atoms with Gasteiger partial charge < -0.3 is 15.0 Å². The van der Waals surface area contributed by atoms with Gasteiger partial charge in [-0.3, -0.25) is 9.88 Å². The minimum Gasteiger partial charge on any atom is -0.461 e. The summed E-state index contributed by atoms with van der Waals surface area (Å²) in [6.45, 7) is 11.9.